The average Bonchev–Trinajstić information content (AvgIpc) is 1.96. The van der Waals surface area contributed by atoms with E-state index in [2.05, 4.69) is 0 Å². The highest BCUT2D eigenvalue weighted by molar-refractivity contribution is 6.08. The fourth-order valence-corrected chi connectivity index (χ4v) is 1.11. The zero-order valence-electron chi connectivity index (χ0n) is 6.91. The Labute approximate surface area is 73.3 Å². The molecular weight excluding hydrogens is 176 g/mol. The summed E-state index contributed by atoms with van der Waals surface area (Å²) < 4.78 is 0. The fraction of sp³-hybridized carbons (Fsp3) is 0.429. The summed E-state index contributed by atoms with van der Waals surface area (Å²) >= 11 is 0. The molecule has 12 heavy (non-hydrogen) atoms. The molecule has 2 N–H and O–H groups in total. The van der Waals surface area contributed by atoms with Gasteiger partial charge in [0.2, 0.25) is 0 Å². The molecular formula is C7H12O4Si. The van der Waals surface area contributed by atoms with Gasteiger partial charge in [0, 0.05) is 21.9 Å². The quantitative estimate of drug-likeness (QED) is 0.456. The first-order chi connectivity index (χ1) is 5.57. The third kappa shape index (κ3) is 4.67. The SMILES string of the molecule is O=C(O)/C=C(/CCC[SiH3])C(=O)O. The van der Waals surface area contributed by atoms with Crippen molar-refractivity contribution in [2.24, 2.45) is 0 Å². The molecule has 0 aromatic heterocycles. The van der Waals surface area contributed by atoms with Gasteiger partial charge in [-0.3, -0.25) is 0 Å². The van der Waals surface area contributed by atoms with E-state index in [-0.39, 0.29) is 5.57 Å². The molecule has 0 heterocycles. The van der Waals surface area contributed by atoms with E-state index in [1.165, 1.54) is 0 Å². The molecule has 5 heteroatoms. The molecule has 0 atom stereocenters. The summed E-state index contributed by atoms with van der Waals surface area (Å²) in [6.07, 6.45) is 1.88. The number of hydrogen-bond donors (Lipinski definition) is 2. The Morgan fingerprint density at radius 3 is 2.25 bits per heavy atom. The van der Waals surface area contributed by atoms with E-state index in [0.717, 1.165) is 28.8 Å². The summed E-state index contributed by atoms with van der Waals surface area (Å²) in [4.78, 5) is 20.6. The van der Waals surface area contributed by atoms with Gasteiger partial charge in [-0.25, -0.2) is 9.59 Å². The second-order valence-electron chi connectivity index (χ2n) is 2.42. The van der Waals surface area contributed by atoms with E-state index < -0.39 is 11.9 Å². The molecule has 4 nitrogen and oxygen atoms in total. The van der Waals surface area contributed by atoms with Crippen LogP contribution in [-0.2, 0) is 9.59 Å². The van der Waals surface area contributed by atoms with Crippen LogP contribution in [0.4, 0.5) is 0 Å². The first-order valence-corrected chi connectivity index (χ1v) is 5.16. The maximum atomic E-state index is 10.4. The second kappa shape index (κ2) is 5.53. The predicted molar refractivity (Wildman–Crippen MR) is 47.3 cm³/mol. The van der Waals surface area contributed by atoms with Crippen LogP contribution in [0.3, 0.4) is 0 Å². The highest BCUT2D eigenvalue weighted by Crippen LogP contribution is 2.06. The van der Waals surface area contributed by atoms with Gasteiger partial charge in [-0.2, -0.15) is 0 Å². The number of carboxylic acid groups (broad SMARTS) is 2. The van der Waals surface area contributed by atoms with E-state index in [1.807, 2.05) is 0 Å². The van der Waals surface area contributed by atoms with E-state index >= 15 is 0 Å². The van der Waals surface area contributed by atoms with E-state index in [0.29, 0.717) is 6.42 Å². The Morgan fingerprint density at radius 1 is 1.33 bits per heavy atom. The number of carbonyl (C=O) groups is 2. The van der Waals surface area contributed by atoms with Gasteiger partial charge in [0.25, 0.3) is 0 Å². The van der Waals surface area contributed by atoms with Crippen molar-refractivity contribution in [3.8, 4) is 0 Å². The van der Waals surface area contributed by atoms with Crippen molar-refractivity contribution in [3.05, 3.63) is 11.6 Å². The van der Waals surface area contributed by atoms with Crippen molar-refractivity contribution in [1.29, 1.82) is 0 Å². The van der Waals surface area contributed by atoms with Crippen LogP contribution in [0.15, 0.2) is 11.6 Å². The van der Waals surface area contributed by atoms with Crippen molar-refractivity contribution in [2.45, 2.75) is 18.9 Å². The Bertz CT molecular complexity index is 209. The molecule has 0 fully saturated rings. The van der Waals surface area contributed by atoms with E-state index in [9.17, 15) is 9.59 Å². The zero-order chi connectivity index (χ0) is 9.56. The number of rotatable bonds is 5. The van der Waals surface area contributed by atoms with Gasteiger partial charge in [0.1, 0.15) is 0 Å². The molecule has 0 saturated carbocycles. The Hall–Kier alpha value is -1.10. The van der Waals surface area contributed by atoms with Crippen molar-refractivity contribution >= 4 is 22.2 Å². The number of aliphatic carboxylic acids is 2. The number of carboxylic acids is 2. The highest BCUT2D eigenvalue weighted by Gasteiger charge is 2.07. The van der Waals surface area contributed by atoms with Crippen LogP contribution in [0, 0.1) is 0 Å². The lowest BCUT2D eigenvalue weighted by Crippen LogP contribution is -2.03. The molecule has 0 aromatic carbocycles. The van der Waals surface area contributed by atoms with Gasteiger partial charge in [0.15, 0.2) is 0 Å². The first kappa shape index (κ1) is 10.9. The minimum Gasteiger partial charge on any atom is -0.478 e. The first-order valence-electron chi connectivity index (χ1n) is 3.74. The molecule has 0 aromatic rings. The van der Waals surface area contributed by atoms with Gasteiger partial charge in [-0.15, -0.1) is 0 Å². The van der Waals surface area contributed by atoms with Crippen LogP contribution in [-0.4, -0.2) is 32.4 Å². The third-order valence-corrected chi connectivity index (χ3v) is 2.08. The van der Waals surface area contributed by atoms with Crippen molar-refractivity contribution < 1.29 is 19.8 Å². The minimum atomic E-state index is -1.19. The van der Waals surface area contributed by atoms with Crippen LogP contribution >= 0.6 is 0 Å². The van der Waals surface area contributed by atoms with Crippen LogP contribution in [0.2, 0.25) is 6.04 Å². The van der Waals surface area contributed by atoms with E-state index in [1.54, 1.807) is 0 Å². The highest BCUT2D eigenvalue weighted by atomic mass is 28.1. The fourth-order valence-electron chi connectivity index (χ4n) is 0.757. The molecule has 0 bridgehead atoms. The van der Waals surface area contributed by atoms with Crippen molar-refractivity contribution in [3.63, 3.8) is 0 Å². The maximum absolute atomic E-state index is 10.4. The largest absolute Gasteiger partial charge is 0.478 e. The maximum Gasteiger partial charge on any atom is 0.331 e. The Balaban J connectivity index is 4.23. The van der Waals surface area contributed by atoms with Crippen LogP contribution in [0.5, 0.6) is 0 Å². The van der Waals surface area contributed by atoms with Crippen molar-refractivity contribution in [2.75, 3.05) is 0 Å². The molecule has 0 aliphatic heterocycles. The summed E-state index contributed by atoms with van der Waals surface area (Å²) in [5.41, 5.74) is -0.0154. The monoisotopic (exact) mass is 188 g/mol. The van der Waals surface area contributed by atoms with Crippen LogP contribution < -0.4 is 0 Å². The topological polar surface area (TPSA) is 74.6 Å². The molecule has 68 valence electrons. The molecule has 0 saturated heterocycles. The lowest BCUT2D eigenvalue weighted by molar-refractivity contribution is -0.135. The second-order valence-corrected chi connectivity index (χ2v) is 3.42. The summed E-state index contributed by atoms with van der Waals surface area (Å²) in [5.74, 6) is -2.33. The Kier molecular flexibility index (Phi) is 5.03. The summed E-state index contributed by atoms with van der Waals surface area (Å²) in [5, 5.41) is 16.8. The summed E-state index contributed by atoms with van der Waals surface area (Å²) in [6, 6.07) is 0.990. The molecule has 0 amide bonds. The summed E-state index contributed by atoms with van der Waals surface area (Å²) in [6.45, 7) is 0. The lowest BCUT2D eigenvalue weighted by Gasteiger charge is -1.97. The lowest BCUT2D eigenvalue weighted by atomic mass is 10.1. The van der Waals surface area contributed by atoms with Crippen LogP contribution in [0.1, 0.15) is 12.8 Å². The third-order valence-electron chi connectivity index (χ3n) is 1.37. The standard InChI is InChI=1S/C7H12O4Si/c8-6(9)4-5(7(10)11)2-1-3-12/h4H,1-3H2,12H3,(H,8,9)(H,10,11)/b5-4-. The predicted octanol–water partition coefficient (Wildman–Crippen LogP) is -0.354. The zero-order valence-corrected chi connectivity index (χ0v) is 8.91. The molecule has 0 spiro atoms. The normalized spacial score (nSPS) is 11.5. The molecule has 0 rings (SSSR count). The molecule has 0 radical (unpaired) electrons. The molecule has 0 aliphatic carbocycles. The van der Waals surface area contributed by atoms with Gasteiger partial charge in [-0.1, -0.05) is 12.5 Å². The smallest absolute Gasteiger partial charge is 0.331 e. The van der Waals surface area contributed by atoms with Gasteiger partial charge >= 0.3 is 11.9 Å². The van der Waals surface area contributed by atoms with Gasteiger partial charge in [-0.05, 0) is 6.42 Å². The summed E-state index contributed by atoms with van der Waals surface area (Å²) in [7, 11) is 1.02. The van der Waals surface area contributed by atoms with Gasteiger partial charge < -0.3 is 10.2 Å². The van der Waals surface area contributed by atoms with E-state index in [4.69, 9.17) is 10.2 Å². The molecule has 0 unspecified atom stereocenters. The van der Waals surface area contributed by atoms with Crippen LogP contribution in [0.25, 0.3) is 0 Å². The average molecular weight is 188 g/mol. The Morgan fingerprint density at radius 2 is 1.92 bits per heavy atom. The molecule has 0 aliphatic rings. The van der Waals surface area contributed by atoms with Crippen molar-refractivity contribution in [1.82, 2.24) is 0 Å². The minimum absolute atomic E-state index is 0.0154. The number of hydrogen-bond acceptors (Lipinski definition) is 2. The van der Waals surface area contributed by atoms with Gasteiger partial charge in [0.05, 0.1) is 0 Å².